The molecule has 0 spiro atoms. The highest BCUT2D eigenvalue weighted by Crippen LogP contribution is 2.30. The number of hydrogen-bond acceptors (Lipinski definition) is 7. The van der Waals surface area contributed by atoms with Crippen molar-refractivity contribution in [3.05, 3.63) is 76.6 Å². The quantitative estimate of drug-likeness (QED) is 0.452. The summed E-state index contributed by atoms with van der Waals surface area (Å²) < 4.78 is 35.6. The lowest BCUT2D eigenvalue weighted by Crippen LogP contribution is -2.49. The molecule has 4 rings (SSSR count). The molecule has 0 bridgehead atoms. The Morgan fingerprint density at radius 2 is 1.89 bits per heavy atom. The number of aromatic amines is 1. The molecule has 2 N–H and O–H groups in total. The Hall–Kier alpha value is -3.64. The Morgan fingerprint density at radius 1 is 1.19 bits per heavy atom. The van der Waals surface area contributed by atoms with Crippen molar-refractivity contribution < 1.29 is 18.3 Å². The van der Waals surface area contributed by atoms with Crippen LogP contribution in [0.25, 0.3) is 0 Å². The minimum Gasteiger partial charge on any atom is -0.474 e. The largest absolute Gasteiger partial charge is 0.474 e. The summed E-state index contributed by atoms with van der Waals surface area (Å²) in [6.45, 7) is 2.03. The van der Waals surface area contributed by atoms with E-state index < -0.39 is 17.7 Å². The van der Waals surface area contributed by atoms with Gasteiger partial charge in [0, 0.05) is 38.3 Å². The molecule has 0 saturated carbocycles. The van der Waals surface area contributed by atoms with Crippen molar-refractivity contribution in [3.8, 4) is 0 Å². The second-order valence-corrected chi connectivity index (χ2v) is 9.39. The predicted molar refractivity (Wildman–Crippen MR) is 139 cm³/mol. The summed E-state index contributed by atoms with van der Waals surface area (Å²) in [4.78, 5) is 18.4. The van der Waals surface area contributed by atoms with Crippen molar-refractivity contribution in [3.63, 3.8) is 0 Å². The third-order valence-corrected chi connectivity index (χ3v) is 6.39. The van der Waals surface area contributed by atoms with E-state index in [4.69, 9.17) is 17.0 Å². The van der Waals surface area contributed by atoms with E-state index in [1.165, 1.54) is 25.4 Å². The van der Waals surface area contributed by atoms with Crippen LogP contribution in [0.3, 0.4) is 0 Å². The zero-order valence-corrected chi connectivity index (χ0v) is 21.7. The van der Waals surface area contributed by atoms with E-state index in [-0.39, 0.29) is 22.3 Å². The first-order valence-corrected chi connectivity index (χ1v) is 12.1. The lowest BCUT2D eigenvalue weighted by atomic mass is 10.0. The highest BCUT2D eigenvalue weighted by molar-refractivity contribution is 7.80. The summed E-state index contributed by atoms with van der Waals surface area (Å²) >= 11 is 5.07. The maximum atomic E-state index is 15.3. The van der Waals surface area contributed by atoms with Crippen LogP contribution in [0.15, 0.2) is 42.6 Å². The summed E-state index contributed by atoms with van der Waals surface area (Å²) in [7, 11) is 5.33. The Morgan fingerprint density at radius 3 is 2.49 bits per heavy atom. The second-order valence-electron chi connectivity index (χ2n) is 9.01. The van der Waals surface area contributed by atoms with Gasteiger partial charge in [-0.2, -0.15) is 15.4 Å². The van der Waals surface area contributed by atoms with Gasteiger partial charge in [-0.25, -0.2) is 8.78 Å². The van der Waals surface area contributed by atoms with Crippen LogP contribution in [-0.2, 0) is 11.3 Å². The molecule has 1 fully saturated rings. The number of anilines is 1. The van der Waals surface area contributed by atoms with Crippen molar-refractivity contribution in [2.24, 2.45) is 0 Å². The summed E-state index contributed by atoms with van der Waals surface area (Å²) in [5, 5.41) is 13.2. The number of rotatable bonds is 7. The number of methoxy groups -OCH3 is 1. The molecule has 2 aromatic carbocycles. The summed E-state index contributed by atoms with van der Waals surface area (Å²) in [6.07, 6.45) is 1.44. The first-order chi connectivity index (χ1) is 17.8. The number of H-pyrrole nitrogens is 1. The van der Waals surface area contributed by atoms with Crippen LogP contribution in [0.2, 0.25) is 0 Å². The number of benzene rings is 2. The van der Waals surface area contributed by atoms with E-state index in [2.05, 4.69) is 20.7 Å². The molecule has 12 heteroatoms. The van der Waals surface area contributed by atoms with Gasteiger partial charge in [-0.15, -0.1) is 0 Å². The smallest absolute Gasteiger partial charge is 0.257 e. The van der Waals surface area contributed by atoms with Crippen LogP contribution in [-0.4, -0.2) is 83.7 Å². The average molecular weight is 530 g/mol. The molecular weight excluding hydrogens is 500 g/mol. The summed E-state index contributed by atoms with van der Waals surface area (Å²) in [5.74, 6) is -1.53. The summed E-state index contributed by atoms with van der Waals surface area (Å²) in [6, 6.07) is 9.27. The molecule has 1 aromatic heterocycles. The van der Waals surface area contributed by atoms with Gasteiger partial charge in [0.05, 0.1) is 13.3 Å². The van der Waals surface area contributed by atoms with Crippen LogP contribution in [0.4, 0.5) is 14.5 Å². The lowest BCUT2D eigenvalue weighted by molar-refractivity contribution is 0.0746. The predicted octanol–water partition coefficient (Wildman–Crippen LogP) is 2.72. The molecular formula is C25H29F2N7O2S. The zero-order chi connectivity index (χ0) is 26.5. The Balaban J connectivity index is 1.48. The maximum absolute atomic E-state index is 15.3. The number of ether oxygens (including phenoxy) is 1. The van der Waals surface area contributed by atoms with E-state index in [0.29, 0.717) is 37.4 Å². The minimum atomic E-state index is -0.762. The molecule has 2 heterocycles. The van der Waals surface area contributed by atoms with Crippen LogP contribution in [0.5, 0.6) is 0 Å². The number of piperazine rings is 1. The number of carbonyl (C=O) groups is 1. The number of nitrogens with zero attached hydrogens (tertiary/aromatic N) is 5. The van der Waals surface area contributed by atoms with Crippen LogP contribution < -0.4 is 10.2 Å². The van der Waals surface area contributed by atoms with E-state index in [1.54, 1.807) is 15.9 Å². The highest BCUT2D eigenvalue weighted by Gasteiger charge is 2.28. The average Bonchev–Trinajstić information content (AvgIpc) is 3.41. The van der Waals surface area contributed by atoms with Gasteiger partial charge in [0.1, 0.15) is 29.1 Å². The first-order valence-electron chi connectivity index (χ1n) is 11.7. The molecule has 1 atom stereocenters. The van der Waals surface area contributed by atoms with E-state index in [9.17, 15) is 4.79 Å². The number of hydrogen-bond donors (Lipinski definition) is 2. The number of halogens is 2. The standard InChI is InChI=1S/C25H29F2N7O2S/c1-32(2)15-16-5-4-6-17(11-16)24(35)34-9-7-33(8-10-34)23-19(26)12-18(13-20(23)27)22(29-25(37)36-3)21-14-28-31-30-21/h4-6,11-14,22H,7-10,15H2,1-3H3,(H,29,37)(H,28,30,31). The van der Waals surface area contributed by atoms with Gasteiger partial charge in [0.2, 0.25) is 0 Å². The van der Waals surface area contributed by atoms with Crippen LogP contribution in [0.1, 0.15) is 33.2 Å². The Bertz CT molecular complexity index is 1220. The normalized spacial score (nSPS) is 14.5. The molecule has 0 radical (unpaired) electrons. The molecule has 1 aliphatic heterocycles. The molecule has 196 valence electrons. The van der Waals surface area contributed by atoms with Gasteiger partial charge >= 0.3 is 0 Å². The van der Waals surface area contributed by atoms with E-state index in [1.807, 2.05) is 37.2 Å². The van der Waals surface area contributed by atoms with Gasteiger partial charge in [0.25, 0.3) is 11.1 Å². The Kier molecular flexibility index (Phi) is 8.29. The number of nitrogens with one attached hydrogen (secondary N) is 2. The van der Waals surface area contributed by atoms with Gasteiger partial charge in [-0.1, -0.05) is 12.1 Å². The SMILES string of the molecule is COC(=S)NC(c1cc(F)c(N2CCN(C(=O)c3cccc(CN(C)C)c3)CC2)c(F)c1)c1cn[nH]n1. The van der Waals surface area contributed by atoms with Crippen LogP contribution in [0, 0.1) is 11.6 Å². The fourth-order valence-electron chi connectivity index (χ4n) is 4.39. The van der Waals surface area contributed by atoms with Crippen molar-refractivity contribution in [2.75, 3.05) is 52.3 Å². The monoisotopic (exact) mass is 529 g/mol. The number of amides is 1. The van der Waals surface area contributed by atoms with Gasteiger partial charge in [-0.3, -0.25) is 4.79 Å². The van der Waals surface area contributed by atoms with E-state index in [0.717, 1.165) is 12.1 Å². The molecule has 9 nitrogen and oxygen atoms in total. The van der Waals surface area contributed by atoms with Crippen molar-refractivity contribution in [1.82, 2.24) is 30.5 Å². The molecule has 0 aliphatic carbocycles. The molecule has 1 saturated heterocycles. The second kappa shape index (κ2) is 11.6. The van der Waals surface area contributed by atoms with E-state index >= 15 is 8.78 Å². The maximum Gasteiger partial charge on any atom is 0.257 e. The number of carbonyl (C=O) groups excluding carboxylic acids is 1. The molecule has 37 heavy (non-hydrogen) atoms. The highest BCUT2D eigenvalue weighted by atomic mass is 32.1. The fraction of sp³-hybridized carbons (Fsp3) is 0.360. The lowest BCUT2D eigenvalue weighted by Gasteiger charge is -2.36. The Labute approximate surface area is 219 Å². The topological polar surface area (TPSA) is 89.6 Å². The fourth-order valence-corrected chi connectivity index (χ4v) is 4.51. The van der Waals surface area contributed by atoms with Crippen molar-refractivity contribution in [1.29, 1.82) is 0 Å². The summed E-state index contributed by atoms with van der Waals surface area (Å²) in [5.41, 5.74) is 2.20. The molecule has 1 unspecified atom stereocenters. The third kappa shape index (κ3) is 6.20. The minimum absolute atomic E-state index is 0.0472. The molecule has 1 amide bonds. The molecule has 3 aromatic rings. The third-order valence-electron chi connectivity index (χ3n) is 6.11. The van der Waals surface area contributed by atoms with Crippen LogP contribution >= 0.6 is 12.2 Å². The van der Waals surface area contributed by atoms with Gasteiger partial charge < -0.3 is 24.8 Å². The van der Waals surface area contributed by atoms with Crippen molar-refractivity contribution in [2.45, 2.75) is 12.6 Å². The number of thiocarbonyl (C=S) groups is 1. The van der Waals surface area contributed by atoms with Gasteiger partial charge in [-0.05, 0) is 61.7 Å². The first kappa shape index (κ1) is 26.4. The van der Waals surface area contributed by atoms with Crippen molar-refractivity contribution >= 4 is 29.0 Å². The zero-order valence-electron chi connectivity index (χ0n) is 20.9. The number of aromatic nitrogens is 3. The van der Waals surface area contributed by atoms with Gasteiger partial charge in [0.15, 0.2) is 0 Å². The molecule has 1 aliphatic rings.